The van der Waals surface area contributed by atoms with Crippen LogP contribution in [-0.2, 0) is 12.6 Å². The van der Waals surface area contributed by atoms with Gasteiger partial charge in [0.25, 0.3) is 0 Å². The molecule has 1 aromatic carbocycles. The molecule has 0 spiro atoms. The number of aldehydes is 1. The normalized spacial score (nSPS) is 11.3. The van der Waals surface area contributed by atoms with Crippen LogP contribution in [0.4, 0.5) is 13.2 Å². The van der Waals surface area contributed by atoms with Crippen molar-refractivity contribution in [3.8, 4) is 0 Å². The molecule has 0 aliphatic carbocycles. The lowest BCUT2D eigenvalue weighted by Crippen LogP contribution is -2.07. The quantitative estimate of drug-likeness (QED) is 0.795. The first-order chi connectivity index (χ1) is 8.99. The van der Waals surface area contributed by atoms with Gasteiger partial charge >= 0.3 is 6.18 Å². The van der Waals surface area contributed by atoms with Crippen molar-refractivity contribution in [3.05, 3.63) is 65.0 Å². The van der Waals surface area contributed by atoms with Crippen LogP contribution in [0, 0.1) is 0 Å². The van der Waals surface area contributed by atoms with Gasteiger partial charge in [0.05, 0.1) is 0 Å². The fourth-order valence-electron chi connectivity index (χ4n) is 1.71. The first-order valence-corrected chi connectivity index (χ1v) is 5.55. The van der Waals surface area contributed by atoms with Crippen LogP contribution in [0.3, 0.4) is 0 Å². The Balaban J connectivity index is 2.17. The largest absolute Gasteiger partial charge is 0.433 e. The van der Waals surface area contributed by atoms with Crippen molar-refractivity contribution in [3.63, 3.8) is 0 Å². The van der Waals surface area contributed by atoms with Crippen molar-refractivity contribution in [1.29, 1.82) is 0 Å². The van der Waals surface area contributed by atoms with Crippen LogP contribution in [0.25, 0.3) is 0 Å². The number of alkyl halides is 3. The zero-order valence-corrected chi connectivity index (χ0v) is 9.82. The first kappa shape index (κ1) is 13.3. The number of hydrogen-bond acceptors (Lipinski definition) is 2. The molecule has 0 saturated heterocycles. The van der Waals surface area contributed by atoms with Crippen molar-refractivity contribution in [2.24, 2.45) is 0 Å². The number of carbonyl (C=O) groups excluding carboxylic acids is 1. The van der Waals surface area contributed by atoms with E-state index >= 15 is 0 Å². The number of pyridine rings is 1. The molecule has 0 N–H and O–H groups in total. The van der Waals surface area contributed by atoms with E-state index in [1.807, 2.05) is 6.07 Å². The molecule has 98 valence electrons. The average molecular weight is 265 g/mol. The number of rotatable bonds is 3. The zero-order chi connectivity index (χ0) is 13.9. The second kappa shape index (κ2) is 5.22. The summed E-state index contributed by atoms with van der Waals surface area (Å²) in [7, 11) is 0. The van der Waals surface area contributed by atoms with Crippen LogP contribution in [0.15, 0.2) is 42.6 Å². The molecular formula is C14H10F3NO. The van der Waals surface area contributed by atoms with Gasteiger partial charge in [-0.1, -0.05) is 24.3 Å². The third-order valence-corrected chi connectivity index (χ3v) is 2.61. The molecule has 0 saturated carbocycles. The van der Waals surface area contributed by atoms with Gasteiger partial charge in [-0.05, 0) is 29.7 Å². The van der Waals surface area contributed by atoms with E-state index in [0.717, 1.165) is 17.9 Å². The Kier molecular flexibility index (Phi) is 3.64. The highest BCUT2D eigenvalue weighted by Crippen LogP contribution is 2.27. The van der Waals surface area contributed by atoms with E-state index in [-0.39, 0.29) is 0 Å². The van der Waals surface area contributed by atoms with Gasteiger partial charge in [-0.2, -0.15) is 13.2 Å². The average Bonchev–Trinajstić information content (AvgIpc) is 2.38. The number of carbonyl (C=O) groups is 1. The summed E-state index contributed by atoms with van der Waals surface area (Å²) in [5.74, 6) is 0. The molecule has 1 aromatic heterocycles. The molecule has 2 aromatic rings. The van der Waals surface area contributed by atoms with Crippen LogP contribution in [-0.4, -0.2) is 11.3 Å². The summed E-state index contributed by atoms with van der Waals surface area (Å²) in [5.41, 5.74) is 1.15. The van der Waals surface area contributed by atoms with Crippen molar-refractivity contribution in [2.45, 2.75) is 12.6 Å². The summed E-state index contributed by atoms with van der Waals surface area (Å²) in [5, 5.41) is 0. The van der Waals surface area contributed by atoms with Gasteiger partial charge in [-0.25, -0.2) is 0 Å². The first-order valence-electron chi connectivity index (χ1n) is 5.55. The lowest BCUT2D eigenvalue weighted by atomic mass is 10.0. The number of nitrogens with zero attached hydrogens (tertiary/aromatic N) is 1. The molecule has 0 aliphatic rings. The van der Waals surface area contributed by atoms with Crippen LogP contribution < -0.4 is 0 Å². The highest BCUT2D eigenvalue weighted by molar-refractivity contribution is 5.74. The molecule has 2 rings (SSSR count). The minimum Gasteiger partial charge on any atom is -0.298 e. The highest BCUT2D eigenvalue weighted by atomic mass is 19.4. The fourth-order valence-corrected chi connectivity index (χ4v) is 1.71. The van der Waals surface area contributed by atoms with Crippen molar-refractivity contribution < 1.29 is 18.0 Å². The molecule has 0 aliphatic heterocycles. The molecule has 0 bridgehead atoms. The lowest BCUT2D eigenvalue weighted by molar-refractivity contribution is -0.141. The summed E-state index contributed by atoms with van der Waals surface area (Å²) in [6, 6.07) is 9.26. The van der Waals surface area contributed by atoms with E-state index in [1.54, 1.807) is 18.2 Å². The third kappa shape index (κ3) is 3.40. The van der Waals surface area contributed by atoms with Gasteiger partial charge < -0.3 is 0 Å². The lowest BCUT2D eigenvalue weighted by Gasteiger charge is -2.07. The third-order valence-electron chi connectivity index (χ3n) is 2.61. The molecule has 19 heavy (non-hydrogen) atoms. The van der Waals surface area contributed by atoms with Crippen LogP contribution >= 0.6 is 0 Å². The Morgan fingerprint density at radius 2 is 1.89 bits per heavy atom. The maximum atomic E-state index is 12.3. The Bertz CT molecular complexity index is 576. The smallest absolute Gasteiger partial charge is 0.298 e. The maximum absolute atomic E-state index is 12.3. The SMILES string of the molecule is O=Cc1cccc(Cc2ccc(C(F)(F)F)nc2)c1. The Hall–Kier alpha value is -2.17. The van der Waals surface area contributed by atoms with Crippen molar-refractivity contribution >= 4 is 6.29 Å². The number of halogens is 3. The molecule has 5 heteroatoms. The monoisotopic (exact) mass is 265 g/mol. The van der Waals surface area contributed by atoms with E-state index in [1.165, 1.54) is 12.3 Å². The summed E-state index contributed by atoms with van der Waals surface area (Å²) in [4.78, 5) is 14.0. The molecule has 0 amide bonds. The van der Waals surface area contributed by atoms with Crippen molar-refractivity contribution in [1.82, 2.24) is 4.98 Å². The number of benzene rings is 1. The van der Waals surface area contributed by atoms with Crippen LogP contribution in [0.5, 0.6) is 0 Å². The summed E-state index contributed by atoms with van der Waals surface area (Å²) >= 11 is 0. The van der Waals surface area contributed by atoms with Gasteiger partial charge in [0, 0.05) is 11.8 Å². The summed E-state index contributed by atoms with van der Waals surface area (Å²) < 4.78 is 37.0. The zero-order valence-electron chi connectivity index (χ0n) is 9.82. The Morgan fingerprint density at radius 3 is 2.47 bits per heavy atom. The van der Waals surface area contributed by atoms with E-state index in [2.05, 4.69) is 4.98 Å². The Morgan fingerprint density at radius 1 is 1.11 bits per heavy atom. The van der Waals surface area contributed by atoms with E-state index in [9.17, 15) is 18.0 Å². The standard InChI is InChI=1S/C14H10F3NO/c15-14(16,17)13-5-4-11(8-18-13)6-10-2-1-3-12(7-10)9-19/h1-5,7-9H,6H2. The van der Waals surface area contributed by atoms with Crippen molar-refractivity contribution in [2.75, 3.05) is 0 Å². The summed E-state index contributed by atoms with van der Waals surface area (Å²) in [6.07, 6.45) is -2.05. The van der Waals surface area contributed by atoms with E-state index in [0.29, 0.717) is 17.5 Å². The number of hydrogen-bond donors (Lipinski definition) is 0. The fraction of sp³-hybridized carbons (Fsp3) is 0.143. The van der Waals surface area contributed by atoms with Crippen LogP contribution in [0.1, 0.15) is 27.2 Å². The highest BCUT2D eigenvalue weighted by Gasteiger charge is 2.31. The molecule has 1 heterocycles. The predicted molar refractivity (Wildman–Crippen MR) is 63.9 cm³/mol. The Labute approximate surface area is 107 Å². The molecule has 2 nitrogen and oxygen atoms in total. The maximum Gasteiger partial charge on any atom is 0.433 e. The molecule has 0 fully saturated rings. The van der Waals surface area contributed by atoms with Gasteiger partial charge in [-0.15, -0.1) is 0 Å². The van der Waals surface area contributed by atoms with Gasteiger partial charge in [0.1, 0.15) is 12.0 Å². The predicted octanol–water partition coefficient (Wildman–Crippen LogP) is 3.50. The summed E-state index contributed by atoms with van der Waals surface area (Å²) in [6.45, 7) is 0. The molecule has 0 atom stereocenters. The second-order valence-corrected chi connectivity index (χ2v) is 4.09. The minimum atomic E-state index is -4.42. The van der Waals surface area contributed by atoms with Crippen LogP contribution in [0.2, 0.25) is 0 Å². The molecule has 0 radical (unpaired) electrons. The van der Waals surface area contributed by atoms with Gasteiger partial charge in [-0.3, -0.25) is 9.78 Å². The topological polar surface area (TPSA) is 30.0 Å². The van der Waals surface area contributed by atoms with E-state index < -0.39 is 11.9 Å². The van der Waals surface area contributed by atoms with E-state index in [4.69, 9.17) is 0 Å². The molecule has 0 unspecified atom stereocenters. The minimum absolute atomic E-state index is 0.437. The van der Waals surface area contributed by atoms with Gasteiger partial charge in [0.2, 0.25) is 0 Å². The number of aromatic nitrogens is 1. The molecular weight excluding hydrogens is 255 g/mol. The van der Waals surface area contributed by atoms with Gasteiger partial charge in [0.15, 0.2) is 0 Å². The second-order valence-electron chi connectivity index (χ2n) is 4.09.